The van der Waals surface area contributed by atoms with Crippen LogP contribution in [0.15, 0.2) is 24.3 Å². The first-order chi connectivity index (χ1) is 8.63. The lowest BCUT2D eigenvalue weighted by Crippen LogP contribution is -2.36. The van der Waals surface area contributed by atoms with Gasteiger partial charge in [-0.25, -0.2) is 4.39 Å². The SMILES string of the molecule is CCSCCC(C)NC(C)Cc1ccccc1F. The Hall–Kier alpha value is -0.540. The van der Waals surface area contributed by atoms with E-state index in [4.69, 9.17) is 0 Å². The van der Waals surface area contributed by atoms with Gasteiger partial charge in [-0.05, 0) is 49.8 Å². The van der Waals surface area contributed by atoms with Gasteiger partial charge in [0.2, 0.25) is 0 Å². The molecule has 0 aliphatic heterocycles. The van der Waals surface area contributed by atoms with Gasteiger partial charge in [-0.15, -0.1) is 0 Å². The van der Waals surface area contributed by atoms with E-state index in [1.807, 2.05) is 23.9 Å². The van der Waals surface area contributed by atoms with Crippen molar-refractivity contribution in [3.63, 3.8) is 0 Å². The Morgan fingerprint density at radius 1 is 1.22 bits per heavy atom. The van der Waals surface area contributed by atoms with Crippen LogP contribution in [0.1, 0.15) is 32.8 Å². The topological polar surface area (TPSA) is 12.0 Å². The van der Waals surface area contributed by atoms with Crippen molar-refractivity contribution in [1.29, 1.82) is 0 Å². The van der Waals surface area contributed by atoms with Crippen LogP contribution in [0.4, 0.5) is 4.39 Å². The van der Waals surface area contributed by atoms with E-state index in [1.54, 1.807) is 6.07 Å². The van der Waals surface area contributed by atoms with Gasteiger partial charge >= 0.3 is 0 Å². The summed E-state index contributed by atoms with van der Waals surface area (Å²) in [5, 5.41) is 3.53. The molecule has 2 atom stereocenters. The molecule has 0 bridgehead atoms. The van der Waals surface area contributed by atoms with Crippen molar-refractivity contribution in [2.75, 3.05) is 11.5 Å². The molecule has 0 aromatic heterocycles. The summed E-state index contributed by atoms with van der Waals surface area (Å²) in [6, 6.07) is 7.83. The zero-order chi connectivity index (χ0) is 13.4. The fourth-order valence-electron chi connectivity index (χ4n) is 2.03. The van der Waals surface area contributed by atoms with Gasteiger partial charge in [0, 0.05) is 12.1 Å². The Bertz CT molecular complexity index is 343. The predicted molar refractivity (Wildman–Crippen MR) is 79.8 cm³/mol. The first-order valence-electron chi connectivity index (χ1n) is 6.70. The average Bonchev–Trinajstić information content (AvgIpc) is 2.32. The van der Waals surface area contributed by atoms with E-state index in [1.165, 1.54) is 24.0 Å². The number of benzene rings is 1. The summed E-state index contributed by atoms with van der Waals surface area (Å²) in [5.74, 6) is 2.27. The van der Waals surface area contributed by atoms with Crippen LogP contribution in [0.3, 0.4) is 0 Å². The van der Waals surface area contributed by atoms with Crippen LogP contribution in [-0.2, 0) is 6.42 Å². The van der Waals surface area contributed by atoms with Crippen molar-refractivity contribution < 1.29 is 4.39 Å². The van der Waals surface area contributed by atoms with Crippen molar-refractivity contribution in [2.45, 2.75) is 45.7 Å². The standard InChI is InChI=1S/C15H24FNS/c1-4-18-10-9-12(2)17-13(3)11-14-7-5-6-8-15(14)16/h5-8,12-13,17H,4,9-11H2,1-3H3. The first kappa shape index (κ1) is 15.5. The molecule has 2 unspecified atom stereocenters. The lowest BCUT2D eigenvalue weighted by atomic mass is 10.1. The zero-order valence-corrected chi connectivity index (χ0v) is 12.4. The number of nitrogens with one attached hydrogen (secondary N) is 1. The quantitative estimate of drug-likeness (QED) is 0.719. The molecule has 0 aliphatic carbocycles. The molecule has 0 radical (unpaired) electrons. The van der Waals surface area contributed by atoms with Gasteiger partial charge in [-0.3, -0.25) is 0 Å². The minimum atomic E-state index is -0.0969. The van der Waals surface area contributed by atoms with Crippen molar-refractivity contribution in [3.05, 3.63) is 35.6 Å². The second-order valence-electron chi connectivity index (χ2n) is 4.75. The summed E-state index contributed by atoms with van der Waals surface area (Å²) < 4.78 is 13.5. The van der Waals surface area contributed by atoms with Gasteiger partial charge in [0.15, 0.2) is 0 Å². The van der Waals surface area contributed by atoms with Crippen LogP contribution in [-0.4, -0.2) is 23.6 Å². The summed E-state index contributed by atoms with van der Waals surface area (Å²) in [6.07, 6.45) is 1.91. The third-order valence-corrected chi connectivity index (χ3v) is 3.88. The molecule has 102 valence electrons. The fraction of sp³-hybridized carbons (Fsp3) is 0.600. The molecule has 0 aliphatic rings. The van der Waals surface area contributed by atoms with Crippen LogP contribution < -0.4 is 5.32 Å². The summed E-state index contributed by atoms with van der Waals surface area (Å²) in [5.41, 5.74) is 0.799. The fourth-order valence-corrected chi connectivity index (χ4v) is 2.84. The van der Waals surface area contributed by atoms with E-state index >= 15 is 0 Å². The summed E-state index contributed by atoms with van der Waals surface area (Å²) >= 11 is 1.97. The van der Waals surface area contributed by atoms with Crippen molar-refractivity contribution >= 4 is 11.8 Å². The largest absolute Gasteiger partial charge is 0.311 e. The molecule has 1 nitrogen and oxygen atoms in total. The molecule has 0 saturated carbocycles. The van der Waals surface area contributed by atoms with Crippen LogP contribution in [0.2, 0.25) is 0 Å². The van der Waals surface area contributed by atoms with Gasteiger partial charge in [-0.2, -0.15) is 11.8 Å². The lowest BCUT2D eigenvalue weighted by molar-refractivity contribution is 0.451. The highest BCUT2D eigenvalue weighted by Gasteiger charge is 2.10. The molecule has 0 heterocycles. The maximum absolute atomic E-state index is 13.5. The Morgan fingerprint density at radius 3 is 2.61 bits per heavy atom. The molecule has 0 saturated heterocycles. The second-order valence-corrected chi connectivity index (χ2v) is 6.14. The third kappa shape index (κ3) is 5.87. The van der Waals surface area contributed by atoms with E-state index in [9.17, 15) is 4.39 Å². The van der Waals surface area contributed by atoms with Gasteiger partial charge < -0.3 is 5.32 Å². The number of halogens is 1. The van der Waals surface area contributed by atoms with Crippen molar-refractivity contribution in [2.24, 2.45) is 0 Å². The van der Waals surface area contributed by atoms with Crippen LogP contribution in [0.5, 0.6) is 0 Å². The smallest absolute Gasteiger partial charge is 0.126 e. The maximum Gasteiger partial charge on any atom is 0.126 e. The molecule has 1 N–H and O–H groups in total. The Morgan fingerprint density at radius 2 is 1.94 bits per heavy atom. The molecule has 18 heavy (non-hydrogen) atoms. The Kier molecular flexibility index (Phi) is 7.36. The molecule has 3 heteroatoms. The van der Waals surface area contributed by atoms with Gasteiger partial charge in [0.05, 0.1) is 0 Å². The van der Waals surface area contributed by atoms with Gasteiger partial charge in [-0.1, -0.05) is 25.1 Å². The maximum atomic E-state index is 13.5. The van der Waals surface area contributed by atoms with Crippen LogP contribution in [0.25, 0.3) is 0 Å². The molecule has 1 aromatic rings. The zero-order valence-electron chi connectivity index (χ0n) is 11.6. The molecule has 0 spiro atoms. The van der Waals surface area contributed by atoms with Crippen molar-refractivity contribution in [3.8, 4) is 0 Å². The summed E-state index contributed by atoms with van der Waals surface area (Å²) in [4.78, 5) is 0. The monoisotopic (exact) mass is 269 g/mol. The number of hydrogen-bond acceptors (Lipinski definition) is 2. The third-order valence-electron chi connectivity index (χ3n) is 2.95. The molecular formula is C15H24FNS. The minimum absolute atomic E-state index is 0.0969. The van der Waals surface area contributed by atoms with E-state index in [2.05, 4.69) is 26.1 Å². The molecule has 0 fully saturated rings. The first-order valence-corrected chi connectivity index (χ1v) is 7.86. The van der Waals surface area contributed by atoms with E-state index in [0.717, 1.165) is 12.0 Å². The Labute approximate surface area is 115 Å². The van der Waals surface area contributed by atoms with E-state index in [0.29, 0.717) is 12.1 Å². The number of hydrogen-bond donors (Lipinski definition) is 1. The molecular weight excluding hydrogens is 245 g/mol. The second kappa shape index (κ2) is 8.54. The lowest BCUT2D eigenvalue weighted by Gasteiger charge is -2.20. The highest BCUT2D eigenvalue weighted by Crippen LogP contribution is 2.10. The Balaban J connectivity index is 2.33. The van der Waals surface area contributed by atoms with Gasteiger partial charge in [0.25, 0.3) is 0 Å². The highest BCUT2D eigenvalue weighted by molar-refractivity contribution is 7.99. The summed E-state index contributed by atoms with van der Waals surface area (Å²) in [6.45, 7) is 6.51. The summed E-state index contributed by atoms with van der Waals surface area (Å²) in [7, 11) is 0. The highest BCUT2D eigenvalue weighted by atomic mass is 32.2. The number of thioether (sulfide) groups is 1. The minimum Gasteiger partial charge on any atom is -0.311 e. The van der Waals surface area contributed by atoms with Gasteiger partial charge in [0.1, 0.15) is 5.82 Å². The van der Waals surface area contributed by atoms with E-state index < -0.39 is 0 Å². The number of rotatable bonds is 8. The van der Waals surface area contributed by atoms with Crippen LogP contribution >= 0.6 is 11.8 Å². The van der Waals surface area contributed by atoms with E-state index in [-0.39, 0.29) is 5.82 Å². The average molecular weight is 269 g/mol. The predicted octanol–water partition coefficient (Wildman–Crippen LogP) is 3.88. The normalized spacial score (nSPS) is 14.4. The van der Waals surface area contributed by atoms with Crippen molar-refractivity contribution in [1.82, 2.24) is 5.32 Å². The molecule has 0 amide bonds. The molecule has 1 rings (SSSR count). The van der Waals surface area contributed by atoms with Crippen LogP contribution in [0, 0.1) is 5.82 Å². The molecule has 1 aromatic carbocycles.